The number of fused-ring (bicyclic) bond motifs is 1. The van der Waals surface area contributed by atoms with Crippen LogP contribution in [0.2, 0.25) is 0 Å². The first-order valence-electron chi connectivity index (χ1n) is 8.36. The number of anilines is 1. The summed E-state index contributed by atoms with van der Waals surface area (Å²) in [6, 6.07) is 6.12. The first kappa shape index (κ1) is 16.2. The normalized spacial score (nSPS) is 11.4. The van der Waals surface area contributed by atoms with E-state index in [9.17, 15) is 5.11 Å². The number of imidazole rings is 2. The second-order valence-electron chi connectivity index (χ2n) is 6.26. The van der Waals surface area contributed by atoms with Crippen molar-refractivity contribution in [3.05, 3.63) is 48.8 Å². The number of aromatic nitrogens is 6. The summed E-state index contributed by atoms with van der Waals surface area (Å²) in [5.74, 6) is 1.89. The van der Waals surface area contributed by atoms with Crippen LogP contribution in [0.3, 0.4) is 0 Å². The summed E-state index contributed by atoms with van der Waals surface area (Å²) in [6.07, 6.45) is 7.15. The number of H-pyrrole nitrogens is 1. The number of aliphatic hydroxyl groups is 1. The van der Waals surface area contributed by atoms with Crippen LogP contribution in [0.15, 0.2) is 43.0 Å². The van der Waals surface area contributed by atoms with E-state index >= 15 is 0 Å². The maximum atomic E-state index is 9.23. The topological polar surface area (TPSA) is 105 Å². The Bertz CT molecular complexity index is 1030. The minimum absolute atomic E-state index is 0.117. The van der Waals surface area contributed by atoms with E-state index in [4.69, 9.17) is 0 Å². The maximum absolute atomic E-state index is 9.23. The monoisotopic (exact) mass is 349 g/mol. The molecule has 4 rings (SSSR count). The fraction of sp³-hybridized carbons (Fsp3) is 0.222. The van der Waals surface area contributed by atoms with Gasteiger partial charge in [-0.1, -0.05) is 0 Å². The van der Waals surface area contributed by atoms with Gasteiger partial charge < -0.3 is 15.4 Å². The lowest BCUT2D eigenvalue weighted by Crippen LogP contribution is -2.12. The van der Waals surface area contributed by atoms with Gasteiger partial charge in [-0.05, 0) is 32.0 Å². The Balaban J connectivity index is 1.70. The molecular weight excluding hydrogens is 330 g/mol. The van der Waals surface area contributed by atoms with Crippen molar-refractivity contribution < 1.29 is 5.11 Å². The summed E-state index contributed by atoms with van der Waals surface area (Å²) in [7, 11) is 0. The summed E-state index contributed by atoms with van der Waals surface area (Å²) in [5, 5.41) is 12.4. The van der Waals surface area contributed by atoms with Crippen LogP contribution in [0, 0.1) is 0 Å². The van der Waals surface area contributed by atoms with Gasteiger partial charge in [-0.3, -0.25) is 4.57 Å². The second-order valence-corrected chi connectivity index (χ2v) is 6.26. The van der Waals surface area contributed by atoms with Crippen LogP contribution < -0.4 is 5.32 Å². The standard InChI is InChI=1S/C18H19N7O/c1-11(2)22-18-20-8-12(9-21-18)17-19-5-6-25(17)13-3-4-14-15(7-13)24-16(10-26)23-14/h3-9,11,26H,10H2,1-2H3,(H,23,24)(H,20,21,22). The highest BCUT2D eigenvalue weighted by Crippen LogP contribution is 2.23. The van der Waals surface area contributed by atoms with Crippen molar-refractivity contribution in [1.82, 2.24) is 29.5 Å². The van der Waals surface area contributed by atoms with Gasteiger partial charge in [0, 0.05) is 36.5 Å². The molecule has 0 aliphatic heterocycles. The molecule has 0 spiro atoms. The number of hydrogen-bond donors (Lipinski definition) is 3. The molecule has 0 atom stereocenters. The van der Waals surface area contributed by atoms with E-state index in [0.717, 1.165) is 28.1 Å². The predicted octanol–water partition coefficient (Wildman–Crippen LogP) is 2.52. The Morgan fingerprint density at radius 2 is 2.00 bits per heavy atom. The number of hydrogen-bond acceptors (Lipinski definition) is 6. The maximum Gasteiger partial charge on any atom is 0.222 e. The quantitative estimate of drug-likeness (QED) is 0.511. The molecule has 0 aliphatic carbocycles. The van der Waals surface area contributed by atoms with E-state index in [-0.39, 0.29) is 12.6 Å². The van der Waals surface area contributed by atoms with Crippen LogP contribution in [0.25, 0.3) is 28.1 Å². The van der Waals surface area contributed by atoms with Gasteiger partial charge in [0.25, 0.3) is 0 Å². The number of nitrogens with zero attached hydrogens (tertiary/aromatic N) is 5. The van der Waals surface area contributed by atoms with Gasteiger partial charge in [0.1, 0.15) is 18.3 Å². The number of rotatable bonds is 5. The van der Waals surface area contributed by atoms with Crippen LogP contribution in [-0.2, 0) is 6.61 Å². The molecule has 0 saturated carbocycles. The van der Waals surface area contributed by atoms with Crippen LogP contribution >= 0.6 is 0 Å². The van der Waals surface area contributed by atoms with Gasteiger partial charge in [0.15, 0.2) is 0 Å². The molecule has 1 aromatic carbocycles. The predicted molar refractivity (Wildman–Crippen MR) is 98.9 cm³/mol. The van der Waals surface area contributed by atoms with Gasteiger partial charge in [-0.25, -0.2) is 19.9 Å². The van der Waals surface area contributed by atoms with E-state index in [1.807, 2.05) is 42.8 Å². The van der Waals surface area contributed by atoms with Crippen LogP contribution in [0.4, 0.5) is 5.95 Å². The minimum atomic E-state index is -0.117. The van der Waals surface area contributed by atoms with Crippen LogP contribution in [-0.4, -0.2) is 40.6 Å². The molecule has 0 saturated heterocycles. The highest BCUT2D eigenvalue weighted by molar-refractivity contribution is 5.78. The molecule has 3 aromatic heterocycles. The third-order valence-electron chi connectivity index (χ3n) is 3.91. The number of aromatic amines is 1. The first-order chi connectivity index (χ1) is 12.6. The van der Waals surface area contributed by atoms with E-state index in [1.165, 1.54) is 0 Å². The van der Waals surface area contributed by atoms with Gasteiger partial charge in [-0.15, -0.1) is 0 Å². The molecule has 26 heavy (non-hydrogen) atoms. The average Bonchev–Trinajstić information content (AvgIpc) is 3.27. The molecular formula is C18H19N7O. The Labute approximate surface area is 150 Å². The van der Waals surface area contributed by atoms with Crippen molar-refractivity contribution in [2.45, 2.75) is 26.5 Å². The number of aliphatic hydroxyl groups excluding tert-OH is 1. The number of benzene rings is 1. The van der Waals surface area contributed by atoms with E-state index in [0.29, 0.717) is 11.8 Å². The molecule has 4 aromatic rings. The Kier molecular flexibility index (Phi) is 4.10. The van der Waals surface area contributed by atoms with Gasteiger partial charge >= 0.3 is 0 Å². The summed E-state index contributed by atoms with van der Waals surface area (Å²) in [6.45, 7) is 3.96. The molecule has 0 aliphatic rings. The average molecular weight is 349 g/mol. The summed E-state index contributed by atoms with van der Waals surface area (Å²) >= 11 is 0. The smallest absolute Gasteiger partial charge is 0.222 e. The molecule has 0 bridgehead atoms. The molecule has 0 fully saturated rings. The van der Waals surface area contributed by atoms with Crippen molar-refractivity contribution in [1.29, 1.82) is 0 Å². The summed E-state index contributed by atoms with van der Waals surface area (Å²) < 4.78 is 1.97. The van der Waals surface area contributed by atoms with Crippen molar-refractivity contribution >= 4 is 17.0 Å². The fourth-order valence-corrected chi connectivity index (χ4v) is 2.78. The van der Waals surface area contributed by atoms with E-state index < -0.39 is 0 Å². The van der Waals surface area contributed by atoms with Crippen molar-refractivity contribution in [2.75, 3.05) is 5.32 Å². The van der Waals surface area contributed by atoms with Crippen molar-refractivity contribution in [3.63, 3.8) is 0 Å². The fourth-order valence-electron chi connectivity index (χ4n) is 2.78. The third-order valence-corrected chi connectivity index (χ3v) is 3.91. The van der Waals surface area contributed by atoms with E-state index in [1.54, 1.807) is 18.6 Å². The highest BCUT2D eigenvalue weighted by Gasteiger charge is 2.11. The molecule has 0 amide bonds. The molecule has 8 heteroatoms. The van der Waals surface area contributed by atoms with Gasteiger partial charge in [0.2, 0.25) is 5.95 Å². The van der Waals surface area contributed by atoms with Crippen molar-refractivity contribution in [2.24, 2.45) is 0 Å². The minimum Gasteiger partial charge on any atom is -0.388 e. The lowest BCUT2D eigenvalue weighted by Gasteiger charge is -2.10. The molecule has 8 nitrogen and oxygen atoms in total. The third kappa shape index (κ3) is 3.02. The largest absolute Gasteiger partial charge is 0.388 e. The summed E-state index contributed by atoms with van der Waals surface area (Å²) in [4.78, 5) is 20.6. The molecule has 0 unspecified atom stereocenters. The van der Waals surface area contributed by atoms with Crippen molar-refractivity contribution in [3.8, 4) is 17.1 Å². The molecule has 3 N–H and O–H groups in total. The van der Waals surface area contributed by atoms with Gasteiger partial charge in [0.05, 0.1) is 16.6 Å². The molecule has 0 radical (unpaired) electrons. The number of nitrogens with one attached hydrogen (secondary N) is 2. The second kappa shape index (κ2) is 6.57. The SMILES string of the molecule is CC(C)Nc1ncc(-c2nccn2-c2ccc3nc(CO)[nH]c3c2)cn1. The van der Waals surface area contributed by atoms with Gasteiger partial charge in [-0.2, -0.15) is 0 Å². The molecule has 3 heterocycles. The zero-order valence-corrected chi connectivity index (χ0v) is 14.5. The lowest BCUT2D eigenvalue weighted by molar-refractivity contribution is 0.273. The zero-order valence-electron chi connectivity index (χ0n) is 14.5. The van der Waals surface area contributed by atoms with Crippen LogP contribution in [0.5, 0.6) is 0 Å². The Hall–Kier alpha value is -3.26. The highest BCUT2D eigenvalue weighted by atomic mass is 16.3. The summed E-state index contributed by atoms with van der Waals surface area (Å²) in [5.41, 5.74) is 3.43. The zero-order chi connectivity index (χ0) is 18.1. The lowest BCUT2D eigenvalue weighted by atomic mass is 10.2. The first-order valence-corrected chi connectivity index (χ1v) is 8.36. The van der Waals surface area contributed by atoms with E-state index in [2.05, 4.69) is 30.2 Å². The Morgan fingerprint density at radius 1 is 1.19 bits per heavy atom. The Morgan fingerprint density at radius 3 is 2.73 bits per heavy atom. The molecule has 132 valence electrons. The van der Waals surface area contributed by atoms with Crippen LogP contribution in [0.1, 0.15) is 19.7 Å².